The molecule has 0 fully saturated rings. The van der Waals surface area contributed by atoms with Gasteiger partial charge in [0.1, 0.15) is 0 Å². The van der Waals surface area contributed by atoms with Crippen LogP contribution in [0.3, 0.4) is 0 Å². The van der Waals surface area contributed by atoms with Crippen LogP contribution in [0, 0.1) is 5.92 Å². The van der Waals surface area contributed by atoms with Crippen LogP contribution >= 0.6 is 12.4 Å². The minimum Gasteiger partial charge on any atom is -0.323 e. The molecule has 0 aliphatic rings. The van der Waals surface area contributed by atoms with E-state index in [0.29, 0.717) is 0 Å². The smallest absolute Gasteiger partial charge is 0.229 e. The summed E-state index contributed by atoms with van der Waals surface area (Å²) in [6.07, 6.45) is 1.83. The fourth-order valence-electron chi connectivity index (χ4n) is 2.40. The Bertz CT molecular complexity index is 639. The summed E-state index contributed by atoms with van der Waals surface area (Å²) in [5.74, 6) is -0.177. The molecule has 1 amide bonds. The normalized spacial score (nSPS) is 13.3. The molecule has 3 N–H and O–H groups in total. The minimum absolute atomic E-state index is 0. The third-order valence-corrected chi connectivity index (χ3v) is 3.80. The van der Waals surface area contributed by atoms with Gasteiger partial charge in [0, 0.05) is 19.3 Å². The van der Waals surface area contributed by atoms with E-state index in [-0.39, 0.29) is 36.2 Å². The number of rotatable bonds is 5. The summed E-state index contributed by atoms with van der Waals surface area (Å²) in [6.45, 7) is 5.95. The Labute approximate surface area is 143 Å². The summed E-state index contributed by atoms with van der Waals surface area (Å²) < 4.78 is 1.72. The van der Waals surface area contributed by atoms with Crippen molar-refractivity contribution >= 4 is 24.0 Å². The van der Waals surface area contributed by atoms with E-state index in [1.165, 1.54) is 0 Å². The largest absolute Gasteiger partial charge is 0.323 e. The van der Waals surface area contributed by atoms with Crippen molar-refractivity contribution in [3.05, 3.63) is 47.8 Å². The number of halogens is 1. The Kier molecular flexibility index (Phi) is 6.79. The van der Waals surface area contributed by atoms with E-state index in [1.54, 1.807) is 4.68 Å². The zero-order chi connectivity index (χ0) is 16.3. The molecule has 2 atom stereocenters. The van der Waals surface area contributed by atoms with Crippen LogP contribution in [0.2, 0.25) is 0 Å². The molecule has 0 saturated carbocycles. The zero-order valence-corrected chi connectivity index (χ0v) is 14.8. The fraction of sp³-hybridized carbons (Fsp3) is 0.412. The molecule has 2 aromatic rings. The van der Waals surface area contributed by atoms with Gasteiger partial charge < -0.3 is 11.1 Å². The van der Waals surface area contributed by atoms with E-state index in [9.17, 15) is 4.79 Å². The van der Waals surface area contributed by atoms with Gasteiger partial charge in [-0.25, -0.2) is 0 Å². The van der Waals surface area contributed by atoms with Crippen LogP contribution in [0.15, 0.2) is 36.5 Å². The van der Waals surface area contributed by atoms with Gasteiger partial charge in [-0.15, -0.1) is 12.4 Å². The van der Waals surface area contributed by atoms with E-state index in [4.69, 9.17) is 5.73 Å². The first-order valence-electron chi connectivity index (χ1n) is 7.55. The molecule has 1 heterocycles. The number of amides is 1. The molecule has 5 nitrogen and oxygen atoms in total. The molecule has 0 spiro atoms. The molecular formula is C17H25ClN4O. The van der Waals surface area contributed by atoms with E-state index >= 15 is 0 Å². The number of anilines is 1. The van der Waals surface area contributed by atoms with Crippen LogP contribution in [-0.2, 0) is 11.8 Å². The summed E-state index contributed by atoms with van der Waals surface area (Å²) >= 11 is 0. The fourth-order valence-corrected chi connectivity index (χ4v) is 2.40. The summed E-state index contributed by atoms with van der Waals surface area (Å²) in [4.78, 5) is 12.5. The van der Waals surface area contributed by atoms with Crippen molar-refractivity contribution in [3.63, 3.8) is 0 Å². The number of nitrogens with zero attached hydrogens (tertiary/aromatic N) is 2. The van der Waals surface area contributed by atoms with Crippen molar-refractivity contribution < 1.29 is 4.79 Å². The molecule has 23 heavy (non-hydrogen) atoms. The number of hydrogen-bond acceptors (Lipinski definition) is 3. The first-order valence-corrected chi connectivity index (χ1v) is 7.55. The maximum atomic E-state index is 12.5. The number of aryl methyl sites for hydroxylation is 1. The second kappa shape index (κ2) is 8.13. The second-order valence-corrected chi connectivity index (χ2v) is 5.97. The number of carbonyl (C=O) groups excluding carboxylic acids is 1. The van der Waals surface area contributed by atoms with Crippen LogP contribution in [0.1, 0.15) is 44.0 Å². The first kappa shape index (κ1) is 19.2. The Balaban J connectivity index is 0.00000264. The van der Waals surface area contributed by atoms with Gasteiger partial charge in [-0.3, -0.25) is 9.48 Å². The predicted molar refractivity (Wildman–Crippen MR) is 95.7 cm³/mol. The lowest BCUT2D eigenvalue weighted by atomic mass is 9.94. The molecule has 0 radical (unpaired) electrons. The molecule has 126 valence electrons. The SMILES string of the molecule is CC(C)c1nn(C)cc1NC(=O)C(C)C(N)c1ccccc1.Cl. The molecule has 0 saturated heterocycles. The Morgan fingerprint density at radius 2 is 1.83 bits per heavy atom. The molecular weight excluding hydrogens is 312 g/mol. The number of carbonyl (C=O) groups is 1. The minimum atomic E-state index is -0.333. The summed E-state index contributed by atoms with van der Waals surface area (Å²) in [6, 6.07) is 9.34. The average molecular weight is 337 g/mol. The average Bonchev–Trinajstić information content (AvgIpc) is 2.87. The number of hydrogen-bond donors (Lipinski definition) is 2. The van der Waals surface area contributed by atoms with Crippen molar-refractivity contribution in [1.82, 2.24) is 9.78 Å². The van der Waals surface area contributed by atoms with Crippen molar-refractivity contribution in [2.45, 2.75) is 32.7 Å². The zero-order valence-electron chi connectivity index (χ0n) is 14.0. The van der Waals surface area contributed by atoms with Crippen LogP contribution in [0.5, 0.6) is 0 Å². The van der Waals surface area contributed by atoms with Crippen molar-refractivity contribution in [2.24, 2.45) is 18.7 Å². The van der Waals surface area contributed by atoms with Gasteiger partial charge in [0.15, 0.2) is 0 Å². The van der Waals surface area contributed by atoms with Crippen molar-refractivity contribution in [2.75, 3.05) is 5.32 Å². The van der Waals surface area contributed by atoms with Gasteiger partial charge in [-0.05, 0) is 11.5 Å². The van der Waals surface area contributed by atoms with Gasteiger partial charge in [0.25, 0.3) is 0 Å². The molecule has 6 heteroatoms. The Morgan fingerprint density at radius 3 is 2.39 bits per heavy atom. The highest BCUT2D eigenvalue weighted by Crippen LogP contribution is 2.25. The first-order chi connectivity index (χ1) is 10.4. The van der Waals surface area contributed by atoms with E-state index in [1.807, 2.05) is 50.5 Å². The second-order valence-electron chi connectivity index (χ2n) is 5.97. The van der Waals surface area contributed by atoms with Gasteiger partial charge in [-0.2, -0.15) is 5.10 Å². The Hall–Kier alpha value is -1.85. The quantitative estimate of drug-likeness (QED) is 0.880. The maximum absolute atomic E-state index is 12.5. The van der Waals surface area contributed by atoms with E-state index < -0.39 is 0 Å². The van der Waals surface area contributed by atoms with Crippen LogP contribution in [0.25, 0.3) is 0 Å². The molecule has 2 rings (SSSR count). The van der Waals surface area contributed by atoms with E-state index in [2.05, 4.69) is 24.3 Å². The van der Waals surface area contributed by atoms with Gasteiger partial charge >= 0.3 is 0 Å². The molecule has 1 aromatic heterocycles. The lowest BCUT2D eigenvalue weighted by Crippen LogP contribution is -2.30. The summed E-state index contributed by atoms with van der Waals surface area (Å²) in [5.41, 5.74) is 8.82. The number of nitrogens with one attached hydrogen (secondary N) is 1. The van der Waals surface area contributed by atoms with Crippen molar-refractivity contribution in [3.8, 4) is 0 Å². The highest BCUT2D eigenvalue weighted by atomic mass is 35.5. The molecule has 2 unspecified atom stereocenters. The monoisotopic (exact) mass is 336 g/mol. The lowest BCUT2D eigenvalue weighted by molar-refractivity contribution is -0.120. The van der Waals surface area contributed by atoms with Crippen LogP contribution in [0.4, 0.5) is 5.69 Å². The highest BCUT2D eigenvalue weighted by Gasteiger charge is 2.24. The topological polar surface area (TPSA) is 72.9 Å². The molecule has 0 bridgehead atoms. The maximum Gasteiger partial charge on any atom is 0.229 e. The van der Waals surface area contributed by atoms with Crippen LogP contribution in [-0.4, -0.2) is 15.7 Å². The van der Waals surface area contributed by atoms with E-state index in [0.717, 1.165) is 16.9 Å². The molecule has 1 aromatic carbocycles. The molecule has 0 aliphatic heterocycles. The van der Waals surface area contributed by atoms with Gasteiger partial charge in [0.05, 0.1) is 17.3 Å². The number of nitrogens with two attached hydrogens (primary N) is 1. The lowest BCUT2D eigenvalue weighted by Gasteiger charge is -2.20. The Morgan fingerprint density at radius 1 is 1.22 bits per heavy atom. The van der Waals surface area contributed by atoms with Gasteiger partial charge in [0.2, 0.25) is 5.91 Å². The third-order valence-electron chi connectivity index (χ3n) is 3.80. The van der Waals surface area contributed by atoms with Gasteiger partial charge in [-0.1, -0.05) is 51.1 Å². The number of benzene rings is 1. The summed E-state index contributed by atoms with van der Waals surface area (Å²) in [7, 11) is 1.85. The van der Waals surface area contributed by atoms with Crippen molar-refractivity contribution in [1.29, 1.82) is 0 Å². The van der Waals surface area contributed by atoms with Crippen LogP contribution < -0.4 is 11.1 Å². The molecule has 0 aliphatic carbocycles. The standard InChI is InChI=1S/C17H24N4O.ClH/c1-11(2)16-14(10-21(4)20-16)19-17(22)12(3)15(18)13-8-6-5-7-9-13;/h5-12,15H,18H2,1-4H3,(H,19,22);1H. The number of aromatic nitrogens is 2. The summed E-state index contributed by atoms with van der Waals surface area (Å²) in [5, 5.41) is 7.36. The third kappa shape index (κ3) is 4.56. The highest BCUT2D eigenvalue weighted by molar-refractivity contribution is 5.93. The predicted octanol–water partition coefficient (Wildman–Crippen LogP) is 3.24.